The second-order valence-electron chi connectivity index (χ2n) is 5.36. The van der Waals surface area contributed by atoms with Crippen LogP contribution in [0.5, 0.6) is 5.75 Å². The number of fused-ring (bicyclic) bond motifs is 1. The third-order valence-electron chi connectivity index (χ3n) is 3.78. The lowest BCUT2D eigenvalue weighted by molar-refractivity contribution is 0.0546. The van der Waals surface area contributed by atoms with Crippen molar-refractivity contribution in [1.29, 1.82) is 0 Å². The number of hydrogen-bond donors (Lipinski definition) is 1. The number of ether oxygens (including phenoxy) is 2. The molecule has 0 aliphatic carbocycles. The first-order chi connectivity index (χ1) is 8.81. The van der Waals surface area contributed by atoms with Crippen LogP contribution >= 0.6 is 0 Å². The topological polar surface area (TPSA) is 30.5 Å². The van der Waals surface area contributed by atoms with Crippen molar-refractivity contribution in [3.8, 4) is 5.75 Å². The van der Waals surface area contributed by atoms with Crippen LogP contribution in [0.3, 0.4) is 0 Å². The zero-order chi connectivity index (χ0) is 12.4. The number of rotatable bonds is 4. The molecule has 2 aliphatic heterocycles. The van der Waals surface area contributed by atoms with E-state index in [0.29, 0.717) is 12.2 Å². The fourth-order valence-corrected chi connectivity index (χ4v) is 2.81. The van der Waals surface area contributed by atoms with Crippen LogP contribution in [-0.4, -0.2) is 31.4 Å². The molecule has 3 unspecified atom stereocenters. The molecule has 2 heterocycles. The smallest absolute Gasteiger partial charge is 0.123 e. The van der Waals surface area contributed by atoms with Gasteiger partial charge in [0, 0.05) is 19.5 Å². The molecular formula is C15H21NO2. The van der Waals surface area contributed by atoms with Gasteiger partial charge in [-0.2, -0.15) is 0 Å². The Labute approximate surface area is 108 Å². The van der Waals surface area contributed by atoms with Crippen LogP contribution in [0.25, 0.3) is 0 Å². The van der Waals surface area contributed by atoms with Gasteiger partial charge in [0.1, 0.15) is 11.9 Å². The van der Waals surface area contributed by atoms with E-state index in [0.717, 1.165) is 25.3 Å². The third-order valence-corrected chi connectivity index (χ3v) is 3.78. The maximum absolute atomic E-state index is 5.89. The predicted molar refractivity (Wildman–Crippen MR) is 71.0 cm³/mol. The first kappa shape index (κ1) is 12.0. The van der Waals surface area contributed by atoms with E-state index in [1.54, 1.807) is 0 Å². The highest BCUT2D eigenvalue weighted by molar-refractivity contribution is 5.37. The van der Waals surface area contributed by atoms with Crippen LogP contribution in [0.15, 0.2) is 24.3 Å². The highest BCUT2D eigenvalue weighted by Gasteiger charge is 2.24. The lowest BCUT2D eigenvalue weighted by Gasteiger charge is -2.15. The van der Waals surface area contributed by atoms with E-state index < -0.39 is 0 Å². The van der Waals surface area contributed by atoms with Gasteiger partial charge >= 0.3 is 0 Å². The minimum absolute atomic E-state index is 0.279. The number of benzene rings is 1. The molecule has 1 N–H and O–H groups in total. The summed E-state index contributed by atoms with van der Waals surface area (Å²) in [6.45, 7) is 4.00. The van der Waals surface area contributed by atoms with E-state index in [-0.39, 0.29) is 6.10 Å². The Morgan fingerprint density at radius 3 is 2.78 bits per heavy atom. The predicted octanol–water partition coefficient (Wildman–Crippen LogP) is 2.15. The normalized spacial score (nSPS) is 30.2. The van der Waals surface area contributed by atoms with Gasteiger partial charge in [0.25, 0.3) is 0 Å². The molecule has 3 rings (SSSR count). The molecule has 0 bridgehead atoms. The van der Waals surface area contributed by atoms with Gasteiger partial charge in [0.2, 0.25) is 0 Å². The molecule has 2 aliphatic rings. The average Bonchev–Trinajstić information content (AvgIpc) is 2.95. The van der Waals surface area contributed by atoms with Crippen molar-refractivity contribution in [2.24, 2.45) is 0 Å². The molecular weight excluding hydrogens is 226 g/mol. The maximum atomic E-state index is 5.89. The van der Waals surface area contributed by atoms with Crippen molar-refractivity contribution < 1.29 is 9.47 Å². The summed E-state index contributed by atoms with van der Waals surface area (Å²) in [5, 5.41) is 3.47. The Bertz CT molecular complexity index is 382. The Morgan fingerprint density at radius 2 is 2.00 bits per heavy atom. The van der Waals surface area contributed by atoms with Crippen LogP contribution in [0, 0.1) is 0 Å². The van der Waals surface area contributed by atoms with Gasteiger partial charge < -0.3 is 14.8 Å². The van der Waals surface area contributed by atoms with Crippen LogP contribution in [0.4, 0.5) is 0 Å². The first-order valence-electron chi connectivity index (χ1n) is 6.92. The monoisotopic (exact) mass is 247 g/mol. The quantitative estimate of drug-likeness (QED) is 0.884. The molecule has 1 fully saturated rings. The minimum atomic E-state index is 0.279. The van der Waals surface area contributed by atoms with Crippen molar-refractivity contribution in [3.05, 3.63) is 29.8 Å². The molecule has 0 amide bonds. The third kappa shape index (κ3) is 2.68. The first-order valence-corrected chi connectivity index (χ1v) is 6.92. The highest BCUT2D eigenvalue weighted by Crippen LogP contribution is 2.27. The largest absolute Gasteiger partial charge is 0.488 e. The Balaban J connectivity index is 1.41. The van der Waals surface area contributed by atoms with Crippen LogP contribution < -0.4 is 10.1 Å². The zero-order valence-corrected chi connectivity index (χ0v) is 10.9. The second kappa shape index (κ2) is 5.29. The lowest BCUT2D eigenvalue weighted by Crippen LogP contribution is -2.35. The van der Waals surface area contributed by atoms with Gasteiger partial charge in [-0.1, -0.05) is 18.2 Å². The van der Waals surface area contributed by atoms with Crippen LogP contribution in [0.2, 0.25) is 0 Å². The van der Waals surface area contributed by atoms with Gasteiger partial charge in [-0.3, -0.25) is 0 Å². The molecule has 0 aromatic heterocycles. The maximum Gasteiger partial charge on any atom is 0.123 e. The van der Waals surface area contributed by atoms with Gasteiger partial charge in [-0.25, -0.2) is 0 Å². The molecule has 98 valence electrons. The summed E-state index contributed by atoms with van der Waals surface area (Å²) in [7, 11) is 0. The zero-order valence-electron chi connectivity index (χ0n) is 10.9. The number of para-hydroxylation sites is 1. The van der Waals surface area contributed by atoms with Crippen molar-refractivity contribution in [2.45, 2.75) is 44.5 Å². The fourth-order valence-electron chi connectivity index (χ4n) is 2.81. The van der Waals surface area contributed by atoms with Crippen LogP contribution in [0.1, 0.15) is 25.3 Å². The van der Waals surface area contributed by atoms with E-state index in [1.165, 1.54) is 18.4 Å². The molecule has 0 spiro atoms. The number of hydrogen-bond acceptors (Lipinski definition) is 3. The fraction of sp³-hybridized carbons (Fsp3) is 0.600. The van der Waals surface area contributed by atoms with Gasteiger partial charge in [0.15, 0.2) is 0 Å². The summed E-state index contributed by atoms with van der Waals surface area (Å²) in [4.78, 5) is 0. The molecule has 0 radical (unpaired) electrons. The van der Waals surface area contributed by atoms with E-state index in [4.69, 9.17) is 9.47 Å². The molecule has 3 atom stereocenters. The van der Waals surface area contributed by atoms with Crippen molar-refractivity contribution in [3.63, 3.8) is 0 Å². The Morgan fingerprint density at radius 1 is 1.17 bits per heavy atom. The Hall–Kier alpha value is -1.06. The van der Waals surface area contributed by atoms with Gasteiger partial charge in [-0.15, -0.1) is 0 Å². The summed E-state index contributed by atoms with van der Waals surface area (Å²) in [6, 6.07) is 8.31. The van der Waals surface area contributed by atoms with Crippen molar-refractivity contribution in [2.75, 3.05) is 13.1 Å². The molecule has 1 saturated heterocycles. The van der Waals surface area contributed by atoms with E-state index >= 15 is 0 Å². The van der Waals surface area contributed by atoms with Crippen LogP contribution in [-0.2, 0) is 11.2 Å². The lowest BCUT2D eigenvalue weighted by atomic mass is 10.1. The molecule has 3 heteroatoms. The summed E-state index contributed by atoms with van der Waals surface area (Å²) in [5.74, 6) is 1.05. The summed E-state index contributed by atoms with van der Waals surface area (Å²) in [5.41, 5.74) is 1.33. The Kier molecular flexibility index (Phi) is 3.52. The highest BCUT2D eigenvalue weighted by atomic mass is 16.5. The second-order valence-corrected chi connectivity index (χ2v) is 5.36. The summed E-state index contributed by atoms with van der Waals surface area (Å²) in [6.07, 6.45) is 4.50. The van der Waals surface area contributed by atoms with E-state index in [2.05, 4.69) is 30.4 Å². The van der Waals surface area contributed by atoms with Gasteiger partial charge in [0.05, 0.1) is 12.2 Å². The summed E-state index contributed by atoms with van der Waals surface area (Å²) >= 11 is 0. The van der Waals surface area contributed by atoms with Crippen molar-refractivity contribution in [1.82, 2.24) is 5.32 Å². The van der Waals surface area contributed by atoms with E-state index in [9.17, 15) is 0 Å². The molecule has 0 saturated carbocycles. The SMILES string of the molecule is CC1CCC(CNCC2Cc3ccccc3O2)O1. The van der Waals surface area contributed by atoms with Gasteiger partial charge in [-0.05, 0) is 31.4 Å². The molecule has 1 aromatic rings. The molecule has 3 nitrogen and oxygen atoms in total. The van der Waals surface area contributed by atoms with Crippen molar-refractivity contribution >= 4 is 0 Å². The molecule has 1 aromatic carbocycles. The minimum Gasteiger partial charge on any atom is -0.488 e. The number of nitrogens with one attached hydrogen (secondary N) is 1. The van der Waals surface area contributed by atoms with E-state index in [1.807, 2.05) is 6.07 Å². The standard InChI is InChI=1S/C15H21NO2/c1-11-6-7-13(17-11)9-16-10-14-8-12-4-2-3-5-15(12)18-14/h2-5,11,13-14,16H,6-10H2,1H3. The average molecular weight is 247 g/mol. The molecule has 18 heavy (non-hydrogen) atoms. The summed E-state index contributed by atoms with van der Waals surface area (Å²) < 4.78 is 11.7.